The van der Waals surface area contributed by atoms with Crippen molar-refractivity contribution in [2.45, 2.75) is 19.4 Å². The SMILES string of the molecule is Brc1cnc(CNCC2CC2)s1. The summed E-state index contributed by atoms with van der Waals surface area (Å²) in [4.78, 5) is 4.24. The molecule has 0 saturated heterocycles. The lowest BCUT2D eigenvalue weighted by molar-refractivity contribution is 0.637. The van der Waals surface area contributed by atoms with Gasteiger partial charge < -0.3 is 5.32 Å². The molecule has 1 N–H and O–H groups in total. The van der Waals surface area contributed by atoms with Crippen LogP contribution in [0.3, 0.4) is 0 Å². The van der Waals surface area contributed by atoms with E-state index in [9.17, 15) is 0 Å². The Morgan fingerprint density at radius 1 is 1.67 bits per heavy atom. The Morgan fingerprint density at radius 3 is 3.08 bits per heavy atom. The molecule has 1 heterocycles. The second-order valence-corrected chi connectivity index (χ2v) is 5.63. The van der Waals surface area contributed by atoms with Gasteiger partial charge in [-0.2, -0.15) is 0 Å². The molecule has 4 heteroatoms. The number of halogens is 1. The van der Waals surface area contributed by atoms with Gasteiger partial charge in [0, 0.05) is 6.54 Å². The summed E-state index contributed by atoms with van der Waals surface area (Å²) >= 11 is 5.10. The summed E-state index contributed by atoms with van der Waals surface area (Å²) in [5, 5.41) is 4.57. The van der Waals surface area contributed by atoms with E-state index < -0.39 is 0 Å². The Morgan fingerprint density at radius 2 is 2.50 bits per heavy atom. The average Bonchev–Trinajstić information content (AvgIpc) is 2.76. The van der Waals surface area contributed by atoms with E-state index in [0.29, 0.717) is 0 Å². The molecule has 0 radical (unpaired) electrons. The van der Waals surface area contributed by atoms with Crippen LogP contribution in [0.4, 0.5) is 0 Å². The lowest BCUT2D eigenvalue weighted by atomic mass is 10.4. The smallest absolute Gasteiger partial charge is 0.107 e. The molecule has 66 valence electrons. The maximum absolute atomic E-state index is 4.24. The summed E-state index contributed by atoms with van der Waals surface area (Å²) in [7, 11) is 0. The summed E-state index contributed by atoms with van der Waals surface area (Å²) in [6, 6.07) is 0. The minimum atomic E-state index is 0.923. The number of aromatic nitrogens is 1. The predicted octanol–water partition coefficient (Wildman–Crippen LogP) is 2.41. The molecular weight excluding hydrogens is 236 g/mol. The number of thiazole rings is 1. The molecule has 1 aliphatic rings. The van der Waals surface area contributed by atoms with Gasteiger partial charge in [0.2, 0.25) is 0 Å². The number of nitrogens with one attached hydrogen (secondary N) is 1. The van der Waals surface area contributed by atoms with E-state index in [4.69, 9.17) is 0 Å². The lowest BCUT2D eigenvalue weighted by Crippen LogP contribution is -2.15. The van der Waals surface area contributed by atoms with Crippen molar-refractivity contribution in [2.24, 2.45) is 5.92 Å². The van der Waals surface area contributed by atoms with E-state index in [1.165, 1.54) is 17.8 Å². The Hall–Kier alpha value is 0.0700. The average molecular weight is 247 g/mol. The number of hydrogen-bond donors (Lipinski definition) is 1. The van der Waals surface area contributed by atoms with Crippen molar-refractivity contribution in [3.05, 3.63) is 15.0 Å². The second kappa shape index (κ2) is 3.85. The minimum Gasteiger partial charge on any atom is -0.310 e. The van der Waals surface area contributed by atoms with Crippen molar-refractivity contribution in [3.63, 3.8) is 0 Å². The molecule has 2 rings (SSSR count). The third-order valence-corrected chi connectivity index (χ3v) is 3.41. The van der Waals surface area contributed by atoms with Gasteiger partial charge >= 0.3 is 0 Å². The van der Waals surface area contributed by atoms with Crippen molar-refractivity contribution in [1.29, 1.82) is 0 Å². The van der Waals surface area contributed by atoms with Crippen molar-refractivity contribution >= 4 is 27.3 Å². The molecule has 1 saturated carbocycles. The first-order valence-electron chi connectivity index (χ1n) is 4.15. The predicted molar refractivity (Wildman–Crippen MR) is 54.2 cm³/mol. The lowest BCUT2D eigenvalue weighted by Gasteiger charge is -1.98. The third-order valence-electron chi connectivity index (χ3n) is 1.93. The van der Waals surface area contributed by atoms with Crippen LogP contribution in [-0.4, -0.2) is 11.5 Å². The second-order valence-electron chi connectivity index (χ2n) is 3.13. The van der Waals surface area contributed by atoms with Gasteiger partial charge in [0.25, 0.3) is 0 Å². The Labute approximate surface area is 84.5 Å². The fraction of sp³-hybridized carbons (Fsp3) is 0.625. The van der Waals surface area contributed by atoms with E-state index >= 15 is 0 Å². The van der Waals surface area contributed by atoms with Crippen LogP contribution in [0.1, 0.15) is 17.8 Å². The van der Waals surface area contributed by atoms with Crippen molar-refractivity contribution < 1.29 is 0 Å². The van der Waals surface area contributed by atoms with Gasteiger partial charge in [0.1, 0.15) is 5.01 Å². The van der Waals surface area contributed by atoms with Crippen molar-refractivity contribution in [2.75, 3.05) is 6.54 Å². The summed E-state index contributed by atoms with van der Waals surface area (Å²) in [5.74, 6) is 0.952. The van der Waals surface area contributed by atoms with Crippen LogP contribution in [0.2, 0.25) is 0 Å². The van der Waals surface area contributed by atoms with Crippen molar-refractivity contribution in [1.82, 2.24) is 10.3 Å². The molecule has 12 heavy (non-hydrogen) atoms. The molecular formula is C8H11BrN2S. The monoisotopic (exact) mass is 246 g/mol. The van der Waals surface area contributed by atoms with Gasteiger partial charge in [-0.15, -0.1) is 11.3 Å². The van der Waals surface area contributed by atoms with E-state index in [1.807, 2.05) is 6.20 Å². The molecule has 2 nitrogen and oxygen atoms in total. The number of rotatable bonds is 4. The maximum Gasteiger partial charge on any atom is 0.107 e. The molecule has 1 aromatic rings. The van der Waals surface area contributed by atoms with Gasteiger partial charge in [0.05, 0.1) is 9.98 Å². The zero-order chi connectivity index (χ0) is 8.39. The van der Waals surface area contributed by atoms with Gasteiger partial charge in [-0.3, -0.25) is 0 Å². The Bertz CT molecular complexity index is 257. The van der Waals surface area contributed by atoms with Crippen LogP contribution in [0.5, 0.6) is 0 Å². The summed E-state index contributed by atoms with van der Waals surface area (Å²) < 4.78 is 1.12. The standard InChI is InChI=1S/C8H11BrN2S/c9-7-4-11-8(12-7)5-10-3-6-1-2-6/h4,6,10H,1-3,5H2. The van der Waals surface area contributed by atoms with Crippen LogP contribution in [-0.2, 0) is 6.54 Å². The summed E-state index contributed by atoms with van der Waals surface area (Å²) in [5.41, 5.74) is 0. The quantitative estimate of drug-likeness (QED) is 0.883. The van der Waals surface area contributed by atoms with Gasteiger partial charge in [-0.05, 0) is 41.2 Å². The molecule has 0 bridgehead atoms. The summed E-state index contributed by atoms with van der Waals surface area (Å²) in [6.45, 7) is 2.09. The van der Waals surface area contributed by atoms with Crippen LogP contribution in [0, 0.1) is 5.92 Å². The maximum atomic E-state index is 4.24. The molecule has 0 aliphatic heterocycles. The largest absolute Gasteiger partial charge is 0.310 e. The molecule has 1 aromatic heterocycles. The molecule has 1 aliphatic carbocycles. The molecule has 1 fully saturated rings. The zero-order valence-electron chi connectivity index (χ0n) is 6.72. The van der Waals surface area contributed by atoms with E-state index in [0.717, 1.165) is 22.8 Å². The first-order valence-corrected chi connectivity index (χ1v) is 5.76. The van der Waals surface area contributed by atoms with Gasteiger partial charge in [0.15, 0.2) is 0 Å². The minimum absolute atomic E-state index is 0.923. The van der Waals surface area contributed by atoms with Crippen LogP contribution in [0.15, 0.2) is 9.98 Å². The highest BCUT2D eigenvalue weighted by atomic mass is 79.9. The van der Waals surface area contributed by atoms with Crippen LogP contribution in [0.25, 0.3) is 0 Å². The molecule has 0 atom stereocenters. The normalized spacial score (nSPS) is 16.8. The Balaban J connectivity index is 1.71. The van der Waals surface area contributed by atoms with Gasteiger partial charge in [-0.1, -0.05) is 0 Å². The molecule has 0 spiro atoms. The fourth-order valence-electron chi connectivity index (χ4n) is 1.07. The Kier molecular flexibility index (Phi) is 2.78. The first kappa shape index (κ1) is 8.66. The van der Waals surface area contributed by atoms with Crippen LogP contribution < -0.4 is 5.32 Å². The highest BCUT2D eigenvalue weighted by Crippen LogP contribution is 2.27. The van der Waals surface area contributed by atoms with E-state index in [2.05, 4.69) is 26.2 Å². The number of nitrogens with zero attached hydrogens (tertiary/aromatic N) is 1. The number of hydrogen-bond acceptors (Lipinski definition) is 3. The molecule has 0 unspecified atom stereocenters. The topological polar surface area (TPSA) is 24.9 Å². The van der Waals surface area contributed by atoms with Gasteiger partial charge in [-0.25, -0.2) is 4.98 Å². The third kappa shape index (κ3) is 2.54. The first-order chi connectivity index (χ1) is 5.84. The highest BCUT2D eigenvalue weighted by Gasteiger charge is 2.20. The van der Waals surface area contributed by atoms with Crippen molar-refractivity contribution in [3.8, 4) is 0 Å². The highest BCUT2D eigenvalue weighted by molar-refractivity contribution is 9.11. The summed E-state index contributed by atoms with van der Waals surface area (Å²) in [6.07, 6.45) is 4.68. The van der Waals surface area contributed by atoms with Crippen LogP contribution >= 0.6 is 27.3 Å². The molecule has 0 aromatic carbocycles. The van der Waals surface area contributed by atoms with E-state index in [-0.39, 0.29) is 0 Å². The molecule has 0 amide bonds. The fourth-order valence-corrected chi connectivity index (χ4v) is 2.35. The zero-order valence-corrected chi connectivity index (χ0v) is 9.12. The van der Waals surface area contributed by atoms with E-state index in [1.54, 1.807) is 11.3 Å².